The molecule has 0 radical (unpaired) electrons. The average molecular weight is 368 g/mol. The Morgan fingerprint density at radius 2 is 1.19 bits per heavy atom. The zero-order valence-electron chi connectivity index (χ0n) is 16.3. The van der Waals surface area contributed by atoms with Crippen molar-refractivity contribution in [1.82, 2.24) is 4.90 Å². The molecule has 6 N–H and O–H groups in total. The number of anilines is 4. The van der Waals surface area contributed by atoms with Crippen LogP contribution in [0.15, 0.2) is 48.5 Å². The van der Waals surface area contributed by atoms with Crippen LogP contribution in [0.2, 0.25) is 0 Å². The molecular formula is C22H33N5. The van der Waals surface area contributed by atoms with Gasteiger partial charge >= 0.3 is 0 Å². The first-order valence-corrected chi connectivity index (χ1v) is 10.0. The van der Waals surface area contributed by atoms with Crippen molar-refractivity contribution in [3.8, 4) is 0 Å². The Kier molecular flexibility index (Phi) is 6.82. The number of hydrogen-bond acceptors (Lipinski definition) is 5. The number of piperidine rings is 1. The van der Waals surface area contributed by atoms with E-state index in [0.717, 1.165) is 35.8 Å². The molecule has 27 heavy (non-hydrogen) atoms. The molecule has 5 heteroatoms. The van der Waals surface area contributed by atoms with Gasteiger partial charge in [0.05, 0.1) is 0 Å². The van der Waals surface area contributed by atoms with E-state index >= 15 is 0 Å². The average Bonchev–Trinajstić information content (AvgIpc) is 2.67. The van der Waals surface area contributed by atoms with Crippen molar-refractivity contribution < 1.29 is 0 Å². The van der Waals surface area contributed by atoms with E-state index in [1.165, 1.54) is 32.1 Å². The maximum absolute atomic E-state index is 5.74. The lowest BCUT2D eigenvalue weighted by molar-refractivity contribution is 0.107. The zero-order valence-corrected chi connectivity index (χ0v) is 16.3. The lowest BCUT2D eigenvalue weighted by Gasteiger charge is -2.40. The van der Waals surface area contributed by atoms with Gasteiger partial charge in [-0.15, -0.1) is 0 Å². The molecule has 1 aliphatic rings. The van der Waals surface area contributed by atoms with Crippen LogP contribution >= 0.6 is 0 Å². The van der Waals surface area contributed by atoms with Gasteiger partial charge in [0, 0.05) is 47.9 Å². The lowest BCUT2D eigenvalue weighted by Crippen LogP contribution is -2.45. The molecule has 0 aromatic heterocycles. The SMILES string of the molecule is CN1C(CCNc2ccc(N)cc2)CCCC1CCNc1ccc(N)cc1. The number of nitrogens with two attached hydrogens (primary N) is 2. The largest absolute Gasteiger partial charge is 0.399 e. The molecule has 0 bridgehead atoms. The molecule has 2 atom stereocenters. The van der Waals surface area contributed by atoms with E-state index in [0.29, 0.717) is 12.1 Å². The van der Waals surface area contributed by atoms with Crippen LogP contribution in [0.4, 0.5) is 22.7 Å². The molecule has 2 unspecified atom stereocenters. The molecular weight excluding hydrogens is 334 g/mol. The Balaban J connectivity index is 1.40. The summed E-state index contributed by atoms with van der Waals surface area (Å²) >= 11 is 0. The van der Waals surface area contributed by atoms with Gasteiger partial charge in [-0.1, -0.05) is 6.42 Å². The van der Waals surface area contributed by atoms with E-state index in [1.807, 2.05) is 48.5 Å². The molecule has 3 rings (SSSR count). The van der Waals surface area contributed by atoms with Crippen LogP contribution in [0, 0.1) is 0 Å². The third-order valence-corrected chi connectivity index (χ3v) is 5.66. The summed E-state index contributed by atoms with van der Waals surface area (Å²) < 4.78 is 0. The minimum atomic E-state index is 0.654. The molecule has 1 fully saturated rings. The topological polar surface area (TPSA) is 79.3 Å². The van der Waals surface area contributed by atoms with Crippen molar-refractivity contribution in [2.75, 3.05) is 42.2 Å². The van der Waals surface area contributed by atoms with Crippen molar-refractivity contribution in [1.29, 1.82) is 0 Å². The molecule has 0 saturated carbocycles. The third-order valence-electron chi connectivity index (χ3n) is 5.66. The number of rotatable bonds is 8. The summed E-state index contributed by atoms with van der Waals surface area (Å²) in [4.78, 5) is 2.60. The molecule has 0 spiro atoms. The number of nitrogen functional groups attached to an aromatic ring is 2. The quantitative estimate of drug-likeness (QED) is 0.530. The predicted octanol–water partition coefficient (Wildman–Crippen LogP) is 4.01. The van der Waals surface area contributed by atoms with E-state index in [9.17, 15) is 0 Å². The van der Waals surface area contributed by atoms with Gasteiger partial charge in [-0.3, -0.25) is 0 Å². The minimum Gasteiger partial charge on any atom is -0.399 e. The highest BCUT2D eigenvalue weighted by atomic mass is 15.2. The number of hydrogen-bond donors (Lipinski definition) is 4. The first-order chi connectivity index (χ1) is 13.1. The second-order valence-corrected chi connectivity index (χ2v) is 7.58. The van der Waals surface area contributed by atoms with Crippen molar-refractivity contribution in [3.63, 3.8) is 0 Å². The Hall–Kier alpha value is -2.40. The van der Waals surface area contributed by atoms with Gasteiger partial charge in [0.25, 0.3) is 0 Å². The van der Waals surface area contributed by atoms with Gasteiger partial charge in [-0.2, -0.15) is 0 Å². The Morgan fingerprint density at radius 1 is 0.778 bits per heavy atom. The van der Waals surface area contributed by atoms with Crippen molar-refractivity contribution in [3.05, 3.63) is 48.5 Å². The van der Waals surface area contributed by atoms with Crippen LogP contribution in [0.25, 0.3) is 0 Å². The fourth-order valence-electron chi connectivity index (χ4n) is 3.96. The van der Waals surface area contributed by atoms with Crippen molar-refractivity contribution in [2.24, 2.45) is 0 Å². The maximum Gasteiger partial charge on any atom is 0.0341 e. The molecule has 5 nitrogen and oxygen atoms in total. The summed E-state index contributed by atoms with van der Waals surface area (Å²) in [6, 6.07) is 17.3. The van der Waals surface area contributed by atoms with Crippen molar-refractivity contribution in [2.45, 2.75) is 44.2 Å². The van der Waals surface area contributed by atoms with Crippen LogP contribution in [-0.4, -0.2) is 37.1 Å². The summed E-state index contributed by atoms with van der Waals surface area (Å²) in [7, 11) is 2.29. The summed E-state index contributed by atoms with van der Waals surface area (Å²) in [5, 5.41) is 7.04. The fourth-order valence-corrected chi connectivity index (χ4v) is 3.96. The van der Waals surface area contributed by atoms with E-state index in [4.69, 9.17) is 11.5 Å². The smallest absolute Gasteiger partial charge is 0.0341 e. The van der Waals surface area contributed by atoms with Gasteiger partial charge < -0.3 is 27.0 Å². The fraction of sp³-hybridized carbons (Fsp3) is 0.455. The Morgan fingerprint density at radius 3 is 1.59 bits per heavy atom. The number of nitrogens with one attached hydrogen (secondary N) is 2. The van der Waals surface area contributed by atoms with Crippen LogP contribution in [-0.2, 0) is 0 Å². The normalized spacial score (nSPS) is 20.3. The maximum atomic E-state index is 5.74. The molecule has 2 aromatic carbocycles. The second kappa shape index (κ2) is 9.51. The molecule has 1 aliphatic heterocycles. The van der Waals surface area contributed by atoms with Crippen LogP contribution in [0.1, 0.15) is 32.1 Å². The van der Waals surface area contributed by atoms with Crippen LogP contribution < -0.4 is 22.1 Å². The highest BCUT2D eigenvalue weighted by molar-refractivity contribution is 5.51. The number of likely N-dealkylation sites (tertiary alicyclic amines) is 1. The molecule has 1 saturated heterocycles. The van der Waals surface area contributed by atoms with Gasteiger partial charge in [0.1, 0.15) is 0 Å². The summed E-state index contributed by atoms with van der Waals surface area (Å²) in [6.07, 6.45) is 6.25. The van der Waals surface area contributed by atoms with E-state index in [2.05, 4.69) is 22.6 Å². The number of benzene rings is 2. The number of nitrogens with zero attached hydrogens (tertiary/aromatic N) is 1. The zero-order chi connectivity index (χ0) is 19.1. The van der Waals surface area contributed by atoms with E-state index < -0.39 is 0 Å². The molecule has 0 amide bonds. The Labute approximate surface area is 163 Å². The standard InChI is InChI=1S/C22H33N5/c1-27-21(13-15-25-19-9-5-17(23)6-10-19)3-2-4-22(27)14-16-26-20-11-7-18(24)8-12-20/h5-12,21-22,25-26H,2-4,13-16,23-24H2,1H3. The molecule has 2 aromatic rings. The third kappa shape index (κ3) is 5.79. The highest BCUT2D eigenvalue weighted by Crippen LogP contribution is 2.25. The van der Waals surface area contributed by atoms with Crippen LogP contribution in [0.5, 0.6) is 0 Å². The van der Waals surface area contributed by atoms with E-state index in [-0.39, 0.29) is 0 Å². The Bertz CT molecular complexity index is 623. The first kappa shape index (κ1) is 19.4. The van der Waals surface area contributed by atoms with Gasteiger partial charge in [-0.25, -0.2) is 0 Å². The van der Waals surface area contributed by atoms with Gasteiger partial charge in [-0.05, 0) is 81.3 Å². The van der Waals surface area contributed by atoms with Crippen LogP contribution in [0.3, 0.4) is 0 Å². The molecule has 0 aliphatic carbocycles. The molecule has 146 valence electrons. The predicted molar refractivity (Wildman–Crippen MR) is 117 cm³/mol. The first-order valence-electron chi connectivity index (χ1n) is 10.0. The van der Waals surface area contributed by atoms with Gasteiger partial charge in [0.15, 0.2) is 0 Å². The summed E-state index contributed by atoms with van der Waals surface area (Å²) in [5.74, 6) is 0. The highest BCUT2D eigenvalue weighted by Gasteiger charge is 2.26. The van der Waals surface area contributed by atoms with Crippen molar-refractivity contribution >= 4 is 22.7 Å². The second-order valence-electron chi connectivity index (χ2n) is 7.58. The van der Waals surface area contributed by atoms with E-state index in [1.54, 1.807) is 0 Å². The van der Waals surface area contributed by atoms with Gasteiger partial charge in [0.2, 0.25) is 0 Å². The minimum absolute atomic E-state index is 0.654. The summed E-state index contributed by atoms with van der Waals surface area (Å²) in [5.41, 5.74) is 15.4. The lowest BCUT2D eigenvalue weighted by atomic mass is 9.92. The summed E-state index contributed by atoms with van der Waals surface area (Å²) in [6.45, 7) is 1.99. The molecule has 1 heterocycles. The monoisotopic (exact) mass is 367 g/mol.